The zero-order chi connectivity index (χ0) is 12.1. The minimum absolute atomic E-state index is 0.274. The molecule has 0 bridgehead atoms. The quantitative estimate of drug-likeness (QED) is 0.846. The molecule has 2 unspecified atom stereocenters. The van der Waals surface area contributed by atoms with Gasteiger partial charge in [-0.15, -0.1) is 0 Å². The number of furan rings is 1. The Balaban J connectivity index is 1.90. The summed E-state index contributed by atoms with van der Waals surface area (Å²) in [6, 6.07) is 2.22. The summed E-state index contributed by atoms with van der Waals surface area (Å²) in [4.78, 5) is 0. The number of ether oxygens (including phenoxy) is 1. The monoisotopic (exact) mass is 257 g/mol. The largest absolute Gasteiger partial charge is 0.453 e. The van der Waals surface area contributed by atoms with Crippen molar-refractivity contribution in [3.8, 4) is 0 Å². The number of rotatable bonds is 6. The molecule has 1 N–H and O–H groups in total. The molecule has 0 spiro atoms. The average molecular weight is 258 g/mol. The van der Waals surface area contributed by atoms with Crippen LogP contribution in [0.4, 0.5) is 0 Å². The van der Waals surface area contributed by atoms with Crippen molar-refractivity contribution in [1.82, 2.24) is 5.32 Å². The Morgan fingerprint density at radius 1 is 1.59 bits per heavy atom. The lowest BCUT2D eigenvalue weighted by atomic mass is 10.0. The van der Waals surface area contributed by atoms with Crippen LogP contribution in [0.5, 0.6) is 0 Å². The average Bonchev–Trinajstić information content (AvgIpc) is 2.95. The molecule has 1 aromatic rings. The van der Waals surface area contributed by atoms with E-state index in [0.29, 0.717) is 11.3 Å². The van der Waals surface area contributed by atoms with E-state index in [0.717, 1.165) is 31.6 Å². The second-order valence-corrected chi connectivity index (χ2v) is 4.82. The smallest absolute Gasteiger partial charge is 0.197 e. The van der Waals surface area contributed by atoms with Gasteiger partial charge in [0.25, 0.3) is 0 Å². The summed E-state index contributed by atoms with van der Waals surface area (Å²) in [6.45, 7) is 3.95. The Bertz CT molecular complexity index is 334. The zero-order valence-electron chi connectivity index (χ0n) is 10.2. The Kier molecular flexibility index (Phi) is 4.89. The summed E-state index contributed by atoms with van der Waals surface area (Å²) in [7, 11) is 0. The van der Waals surface area contributed by atoms with Gasteiger partial charge in [-0.1, -0.05) is 6.92 Å². The van der Waals surface area contributed by atoms with Gasteiger partial charge in [-0.2, -0.15) is 0 Å². The lowest BCUT2D eigenvalue weighted by molar-refractivity contribution is 0.0996. The van der Waals surface area contributed by atoms with Crippen LogP contribution in [0.1, 0.15) is 44.2 Å². The summed E-state index contributed by atoms with van der Waals surface area (Å²) >= 11 is 6.03. The van der Waals surface area contributed by atoms with Gasteiger partial charge in [0.15, 0.2) is 5.22 Å². The molecule has 1 saturated heterocycles. The lowest BCUT2D eigenvalue weighted by Crippen LogP contribution is -2.22. The number of nitrogens with one attached hydrogen (secondary N) is 1. The Morgan fingerprint density at radius 3 is 3.06 bits per heavy atom. The highest BCUT2D eigenvalue weighted by Crippen LogP contribution is 2.29. The molecule has 1 aliphatic rings. The van der Waals surface area contributed by atoms with Gasteiger partial charge < -0.3 is 14.5 Å². The molecule has 0 radical (unpaired) electrons. The molecule has 1 aliphatic heterocycles. The normalized spacial score (nSPS) is 21.9. The molecule has 0 aromatic carbocycles. The third-order valence-electron chi connectivity index (χ3n) is 3.27. The van der Waals surface area contributed by atoms with E-state index in [9.17, 15) is 0 Å². The summed E-state index contributed by atoms with van der Waals surface area (Å²) in [5.41, 5.74) is 1.06. The number of hydrogen-bond donors (Lipinski definition) is 1. The summed E-state index contributed by atoms with van der Waals surface area (Å²) in [5.74, 6) is 0. The minimum Gasteiger partial charge on any atom is -0.453 e. The van der Waals surface area contributed by atoms with E-state index in [2.05, 4.69) is 12.2 Å². The van der Waals surface area contributed by atoms with Gasteiger partial charge in [0.2, 0.25) is 0 Å². The molecule has 3 nitrogen and oxygen atoms in total. The van der Waals surface area contributed by atoms with Crippen LogP contribution >= 0.6 is 11.6 Å². The predicted octanol–water partition coefficient (Wildman–Crippen LogP) is 3.54. The Labute approximate surface area is 107 Å². The maximum absolute atomic E-state index is 6.03. The van der Waals surface area contributed by atoms with Crippen molar-refractivity contribution < 1.29 is 9.15 Å². The first-order valence-electron chi connectivity index (χ1n) is 6.39. The highest BCUT2D eigenvalue weighted by molar-refractivity contribution is 6.29. The summed E-state index contributed by atoms with van der Waals surface area (Å²) in [5, 5.41) is 3.95. The fourth-order valence-electron chi connectivity index (χ4n) is 2.39. The molecule has 96 valence electrons. The van der Waals surface area contributed by atoms with Crippen LogP contribution in [0.2, 0.25) is 5.22 Å². The van der Waals surface area contributed by atoms with Crippen molar-refractivity contribution in [2.24, 2.45) is 0 Å². The molecular weight excluding hydrogens is 238 g/mol. The van der Waals surface area contributed by atoms with E-state index in [1.54, 1.807) is 6.26 Å². The first kappa shape index (κ1) is 12.9. The molecule has 0 aliphatic carbocycles. The molecule has 1 fully saturated rings. The van der Waals surface area contributed by atoms with Crippen molar-refractivity contribution >= 4 is 11.6 Å². The first-order valence-corrected chi connectivity index (χ1v) is 6.77. The Hall–Kier alpha value is -0.510. The van der Waals surface area contributed by atoms with Gasteiger partial charge in [0.05, 0.1) is 12.4 Å². The zero-order valence-corrected chi connectivity index (χ0v) is 11.0. The lowest BCUT2D eigenvalue weighted by Gasteiger charge is -2.18. The number of hydrogen-bond acceptors (Lipinski definition) is 3. The Morgan fingerprint density at radius 2 is 2.47 bits per heavy atom. The van der Waals surface area contributed by atoms with Gasteiger partial charge in [-0.25, -0.2) is 0 Å². The first-order chi connectivity index (χ1) is 8.31. The van der Waals surface area contributed by atoms with Crippen LogP contribution in [-0.2, 0) is 4.74 Å². The van der Waals surface area contributed by atoms with Crippen molar-refractivity contribution in [3.63, 3.8) is 0 Å². The van der Waals surface area contributed by atoms with Crippen LogP contribution in [0.3, 0.4) is 0 Å². The summed E-state index contributed by atoms with van der Waals surface area (Å²) in [6.07, 6.45) is 6.59. The fourth-order valence-corrected chi connectivity index (χ4v) is 2.64. The number of halogens is 1. The SMILES string of the molecule is CCNC(CCC1CCCO1)c1ccoc1Cl. The van der Waals surface area contributed by atoms with E-state index >= 15 is 0 Å². The maximum Gasteiger partial charge on any atom is 0.197 e. The molecular formula is C13H20ClNO2. The molecule has 2 heterocycles. The molecule has 2 rings (SSSR count). The van der Waals surface area contributed by atoms with E-state index in [-0.39, 0.29) is 6.04 Å². The second-order valence-electron chi connectivity index (χ2n) is 4.47. The van der Waals surface area contributed by atoms with Gasteiger partial charge in [-0.3, -0.25) is 0 Å². The molecule has 2 atom stereocenters. The minimum atomic E-state index is 0.274. The highest BCUT2D eigenvalue weighted by Gasteiger charge is 2.20. The highest BCUT2D eigenvalue weighted by atomic mass is 35.5. The molecule has 17 heavy (non-hydrogen) atoms. The standard InChI is InChI=1S/C13H20ClNO2/c1-2-15-12(11-7-9-17-13(11)14)6-5-10-4-3-8-16-10/h7,9-10,12,15H,2-6,8H2,1H3. The predicted molar refractivity (Wildman–Crippen MR) is 68.3 cm³/mol. The van der Waals surface area contributed by atoms with Gasteiger partial charge in [-0.05, 0) is 49.9 Å². The summed E-state index contributed by atoms with van der Waals surface area (Å²) < 4.78 is 10.8. The molecule has 4 heteroatoms. The third kappa shape index (κ3) is 3.47. The van der Waals surface area contributed by atoms with Crippen LogP contribution < -0.4 is 5.32 Å². The van der Waals surface area contributed by atoms with Gasteiger partial charge in [0, 0.05) is 18.2 Å². The van der Waals surface area contributed by atoms with Crippen molar-refractivity contribution in [1.29, 1.82) is 0 Å². The van der Waals surface area contributed by atoms with E-state index in [1.807, 2.05) is 6.07 Å². The third-order valence-corrected chi connectivity index (χ3v) is 3.58. The maximum atomic E-state index is 6.03. The van der Waals surface area contributed by atoms with Crippen molar-refractivity contribution in [2.45, 2.75) is 44.8 Å². The molecule has 1 aromatic heterocycles. The van der Waals surface area contributed by atoms with Crippen LogP contribution in [0.15, 0.2) is 16.7 Å². The van der Waals surface area contributed by atoms with Gasteiger partial charge >= 0.3 is 0 Å². The second kappa shape index (κ2) is 6.43. The topological polar surface area (TPSA) is 34.4 Å². The van der Waals surface area contributed by atoms with Crippen molar-refractivity contribution in [3.05, 3.63) is 23.1 Å². The van der Waals surface area contributed by atoms with Crippen molar-refractivity contribution in [2.75, 3.05) is 13.2 Å². The van der Waals surface area contributed by atoms with Crippen LogP contribution in [0.25, 0.3) is 0 Å². The molecule has 0 saturated carbocycles. The van der Waals surface area contributed by atoms with Gasteiger partial charge in [0.1, 0.15) is 0 Å². The molecule has 0 amide bonds. The van der Waals surface area contributed by atoms with E-state index < -0.39 is 0 Å². The van der Waals surface area contributed by atoms with Crippen LogP contribution in [-0.4, -0.2) is 19.3 Å². The van der Waals surface area contributed by atoms with E-state index in [1.165, 1.54) is 12.8 Å². The fraction of sp³-hybridized carbons (Fsp3) is 0.692. The van der Waals surface area contributed by atoms with Crippen LogP contribution in [0, 0.1) is 0 Å². The van der Waals surface area contributed by atoms with E-state index in [4.69, 9.17) is 20.8 Å².